The van der Waals surface area contributed by atoms with E-state index in [1.807, 2.05) is 49.4 Å². The van der Waals surface area contributed by atoms with Gasteiger partial charge in [0.25, 0.3) is 5.91 Å². The van der Waals surface area contributed by atoms with Crippen LogP contribution in [0.3, 0.4) is 0 Å². The number of piperidine rings is 1. The molecule has 1 fully saturated rings. The number of rotatable bonds is 8. The molecular formula is C25H32N4O2. The van der Waals surface area contributed by atoms with Gasteiger partial charge in [0.2, 0.25) is 0 Å². The van der Waals surface area contributed by atoms with Gasteiger partial charge in [-0.2, -0.15) is 5.10 Å². The molecule has 0 aliphatic carbocycles. The van der Waals surface area contributed by atoms with Crippen LogP contribution in [-0.2, 0) is 0 Å². The Hall–Kier alpha value is -2.86. The van der Waals surface area contributed by atoms with Crippen molar-refractivity contribution in [3.63, 3.8) is 0 Å². The van der Waals surface area contributed by atoms with Crippen molar-refractivity contribution < 1.29 is 9.21 Å². The van der Waals surface area contributed by atoms with E-state index in [1.54, 1.807) is 10.9 Å². The number of aromatic nitrogens is 2. The van der Waals surface area contributed by atoms with Gasteiger partial charge in [-0.25, -0.2) is 4.68 Å². The molecule has 0 bridgehead atoms. The second-order valence-corrected chi connectivity index (χ2v) is 8.43. The normalized spacial score (nSPS) is 17.0. The molecule has 1 saturated heterocycles. The molecule has 0 radical (unpaired) electrons. The smallest absolute Gasteiger partial charge is 0.255 e. The van der Waals surface area contributed by atoms with Gasteiger partial charge in [-0.05, 0) is 76.9 Å². The first-order valence-electron chi connectivity index (χ1n) is 11.4. The summed E-state index contributed by atoms with van der Waals surface area (Å²) in [6, 6.07) is 14.2. The second-order valence-electron chi connectivity index (χ2n) is 8.43. The van der Waals surface area contributed by atoms with Gasteiger partial charge in [-0.1, -0.05) is 24.6 Å². The molecule has 6 nitrogen and oxygen atoms in total. The van der Waals surface area contributed by atoms with Crippen LogP contribution >= 0.6 is 0 Å². The molecule has 1 N–H and O–H groups in total. The number of para-hydroxylation sites is 1. The average Bonchev–Trinajstić information content (AvgIpc) is 3.42. The van der Waals surface area contributed by atoms with Crippen molar-refractivity contribution in [1.29, 1.82) is 0 Å². The van der Waals surface area contributed by atoms with E-state index in [-0.39, 0.29) is 5.91 Å². The predicted octanol–water partition coefficient (Wildman–Crippen LogP) is 4.83. The average molecular weight is 421 g/mol. The molecule has 1 atom stereocenters. The lowest BCUT2D eigenvalue weighted by Crippen LogP contribution is -2.38. The Morgan fingerprint density at radius 2 is 2.00 bits per heavy atom. The minimum absolute atomic E-state index is 0.113. The van der Waals surface area contributed by atoms with E-state index in [4.69, 9.17) is 4.42 Å². The van der Waals surface area contributed by atoms with Crippen molar-refractivity contribution >= 4 is 5.91 Å². The second kappa shape index (κ2) is 9.96. The van der Waals surface area contributed by atoms with Gasteiger partial charge >= 0.3 is 0 Å². The number of benzene rings is 1. The summed E-state index contributed by atoms with van der Waals surface area (Å²) in [7, 11) is 0. The highest BCUT2D eigenvalue weighted by molar-refractivity contribution is 5.99. The summed E-state index contributed by atoms with van der Waals surface area (Å²) in [6.07, 6.45) is 7.81. The van der Waals surface area contributed by atoms with Gasteiger partial charge in [0.05, 0.1) is 11.3 Å². The monoisotopic (exact) mass is 420 g/mol. The first-order valence-corrected chi connectivity index (χ1v) is 11.4. The first kappa shape index (κ1) is 21.4. The highest BCUT2D eigenvalue weighted by atomic mass is 16.3. The fraction of sp³-hybridized carbons (Fsp3) is 0.440. The molecule has 1 aliphatic rings. The Bertz CT molecular complexity index is 992. The highest BCUT2D eigenvalue weighted by Gasteiger charge is 2.21. The maximum absolute atomic E-state index is 13.0. The van der Waals surface area contributed by atoms with Gasteiger partial charge in [0.1, 0.15) is 11.5 Å². The lowest BCUT2D eigenvalue weighted by molar-refractivity contribution is 0.0952. The number of nitrogens with one attached hydrogen (secondary N) is 1. The number of hydrogen-bond donors (Lipinski definition) is 1. The number of carbonyl (C=O) groups is 1. The predicted molar refractivity (Wildman–Crippen MR) is 122 cm³/mol. The largest absolute Gasteiger partial charge is 0.460 e. The van der Waals surface area contributed by atoms with Crippen molar-refractivity contribution in [2.75, 3.05) is 19.6 Å². The number of amides is 1. The van der Waals surface area contributed by atoms with Crippen LogP contribution in [0.2, 0.25) is 0 Å². The van der Waals surface area contributed by atoms with Crippen LogP contribution < -0.4 is 5.32 Å². The molecule has 1 aromatic carbocycles. The third kappa shape index (κ3) is 5.25. The Morgan fingerprint density at radius 3 is 2.74 bits per heavy atom. The number of likely N-dealkylation sites (tertiary alicyclic amines) is 1. The summed E-state index contributed by atoms with van der Waals surface area (Å²) in [6.45, 7) is 7.19. The first-order chi connectivity index (χ1) is 15.1. The minimum Gasteiger partial charge on any atom is -0.460 e. The highest BCUT2D eigenvalue weighted by Crippen LogP contribution is 2.25. The summed E-state index contributed by atoms with van der Waals surface area (Å²) in [5.41, 5.74) is 2.00. The number of unbranched alkanes of at least 4 members (excludes halogenated alkanes) is 1. The van der Waals surface area contributed by atoms with E-state index in [9.17, 15) is 4.79 Å². The molecule has 2 aromatic heterocycles. The van der Waals surface area contributed by atoms with Gasteiger partial charge < -0.3 is 14.6 Å². The summed E-state index contributed by atoms with van der Waals surface area (Å²) in [5.74, 6) is 1.29. The molecule has 164 valence electrons. The lowest BCUT2D eigenvalue weighted by atomic mass is 10.0. The topological polar surface area (TPSA) is 63.3 Å². The molecule has 1 amide bonds. The molecule has 31 heavy (non-hydrogen) atoms. The number of carbonyl (C=O) groups excluding carboxylic acids is 1. The van der Waals surface area contributed by atoms with Gasteiger partial charge in [0, 0.05) is 18.8 Å². The SMILES string of the molecule is Cc1ccc(-c2nn(-c3ccccc3)cc2C(=O)NCCCCN2CCCCC2C)o1. The van der Waals surface area contributed by atoms with Crippen molar-refractivity contribution in [2.24, 2.45) is 0 Å². The molecule has 0 spiro atoms. The fourth-order valence-corrected chi connectivity index (χ4v) is 4.22. The van der Waals surface area contributed by atoms with E-state index < -0.39 is 0 Å². The van der Waals surface area contributed by atoms with E-state index in [0.717, 1.165) is 30.8 Å². The fourth-order valence-electron chi connectivity index (χ4n) is 4.22. The zero-order valence-electron chi connectivity index (χ0n) is 18.5. The zero-order valence-corrected chi connectivity index (χ0v) is 18.5. The quantitative estimate of drug-likeness (QED) is 0.531. The van der Waals surface area contributed by atoms with Crippen LogP contribution in [0.5, 0.6) is 0 Å². The number of nitrogens with zero attached hydrogens (tertiary/aromatic N) is 3. The number of furan rings is 1. The molecular weight excluding hydrogens is 388 g/mol. The molecule has 3 heterocycles. The van der Waals surface area contributed by atoms with Crippen molar-refractivity contribution in [3.05, 3.63) is 60.0 Å². The molecule has 1 aliphatic heterocycles. The molecule has 6 heteroatoms. The van der Waals surface area contributed by atoms with Gasteiger partial charge in [-0.3, -0.25) is 4.79 Å². The Labute approximate surface area is 184 Å². The third-order valence-electron chi connectivity index (χ3n) is 6.05. The van der Waals surface area contributed by atoms with E-state index in [2.05, 4.69) is 22.2 Å². The third-order valence-corrected chi connectivity index (χ3v) is 6.05. The summed E-state index contributed by atoms with van der Waals surface area (Å²) in [4.78, 5) is 15.6. The maximum Gasteiger partial charge on any atom is 0.255 e. The summed E-state index contributed by atoms with van der Waals surface area (Å²) < 4.78 is 7.50. The Kier molecular flexibility index (Phi) is 6.87. The van der Waals surface area contributed by atoms with Crippen molar-refractivity contribution in [3.8, 4) is 17.1 Å². The van der Waals surface area contributed by atoms with Gasteiger partial charge in [-0.15, -0.1) is 0 Å². The van der Waals surface area contributed by atoms with Crippen LogP contribution in [0.15, 0.2) is 53.1 Å². The standard InChI is InChI=1S/C25H32N4O2/c1-19-10-6-8-16-28(19)17-9-7-15-26-25(30)22-18-29(21-11-4-3-5-12-21)27-24(22)23-14-13-20(2)31-23/h3-5,11-14,18-19H,6-10,15-17H2,1-2H3,(H,26,30). The summed E-state index contributed by atoms with van der Waals surface area (Å²) in [5, 5.41) is 7.73. The van der Waals surface area contributed by atoms with Crippen LogP contribution in [0.25, 0.3) is 17.1 Å². The van der Waals surface area contributed by atoms with E-state index in [0.29, 0.717) is 29.6 Å². The lowest BCUT2D eigenvalue weighted by Gasteiger charge is -2.33. The van der Waals surface area contributed by atoms with Crippen LogP contribution in [0, 0.1) is 6.92 Å². The summed E-state index contributed by atoms with van der Waals surface area (Å²) >= 11 is 0. The van der Waals surface area contributed by atoms with Gasteiger partial charge in [0.15, 0.2) is 5.76 Å². The Balaban J connectivity index is 1.40. The molecule has 1 unspecified atom stereocenters. The maximum atomic E-state index is 13.0. The van der Waals surface area contributed by atoms with Crippen LogP contribution in [-0.4, -0.2) is 46.3 Å². The molecule has 4 rings (SSSR count). The molecule has 3 aromatic rings. The number of hydrogen-bond acceptors (Lipinski definition) is 4. The Morgan fingerprint density at radius 1 is 1.16 bits per heavy atom. The van der Waals surface area contributed by atoms with Crippen LogP contribution in [0.1, 0.15) is 55.1 Å². The van der Waals surface area contributed by atoms with E-state index in [1.165, 1.54) is 25.8 Å². The van der Waals surface area contributed by atoms with Crippen LogP contribution in [0.4, 0.5) is 0 Å². The van der Waals surface area contributed by atoms with Crippen molar-refractivity contribution in [2.45, 2.75) is 52.0 Å². The molecule has 0 saturated carbocycles. The van der Waals surface area contributed by atoms with Crippen molar-refractivity contribution in [1.82, 2.24) is 20.0 Å². The van der Waals surface area contributed by atoms with E-state index >= 15 is 0 Å². The minimum atomic E-state index is -0.113. The number of aryl methyl sites for hydroxylation is 1. The zero-order chi connectivity index (χ0) is 21.6.